The van der Waals surface area contributed by atoms with Gasteiger partial charge in [0, 0.05) is 19.2 Å². The summed E-state index contributed by atoms with van der Waals surface area (Å²) in [5.74, 6) is -0.342. The minimum Gasteiger partial charge on any atom is -0.488 e. The highest BCUT2D eigenvalue weighted by Crippen LogP contribution is 2.20. The molecule has 0 radical (unpaired) electrons. The van der Waals surface area contributed by atoms with Gasteiger partial charge in [-0.25, -0.2) is 4.39 Å². The Bertz CT molecular complexity index is 1000. The van der Waals surface area contributed by atoms with Gasteiger partial charge in [-0.2, -0.15) is 0 Å². The molecule has 0 bridgehead atoms. The largest absolute Gasteiger partial charge is 0.488 e. The molecule has 3 rings (SSSR count). The van der Waals surface area contributed by atoms with Crippen molar-refractivity contribution in [2.75, 3.05) is 7.05 Å². The molecule has 0 aromatic heterocycles. The first-order chi connectivity index (χ1) is 14.1. The van der Waals surface area contributed by atoms with E-state index < -0.39 is 0 Å². The second kappa shape index (κ2) is 9.50. The van der Waals surface area contributed by atoms with Gasteiger partial charge in [0.15, 0.2) is 0 Å². The summed E-state index contributed by atoms with van der Waals surface area (Å²) in [6.07, 6.45) is 0. The third kappa shape index (κ3) is 5.42. The van der Waals surface area contributed by atoms with Gasteiger partial charge in [-0.3, -0.25) is 9.59 Å². The number of ether oxygens (including phenoxy) is 1. The molecule has 0 unspecified atom stereocenters. The average molecular weight is 392 g/mol. The van der Waals surface area contributed by atoms with Crippen LogP contribution in [0.2, 0.25) is 0 Å². The number of benzene rings is 3. The first-order valence-electron chi connectivity index (χ1n) is 9.12. The molecule has 0 aliphatic heterocycles. The number of amides is 2. The zero-order valence-corrected chi connectivity index (χ0v) is 15.9. The van der Waals surface area contributed by atoms with Crippen LogP contribution in [0.4, 0.5) is 4.39 Å². The Morgan fingerprint density at radius 2 is 1.66 bits per heavy atom. The van der Waals surface area contributed by atoms with Gasteiger partial charge in [0.25, 0.3) is 11.8 Å². The van der Waals surface area contributed by atoms with Crippen molar-refractivity contribution in [2.45, 2.75) is 13.2 Å². The fourth-order valence-electron chi connectivity index (χ4n) is 2.77. The lowest BCUT2D eigenvalue weighted by molar-refractivity contribution is 0.0944. The Labute approximate surface area is 168 Å². The summed E-state index contributed by atoms with van der Waals surface area (Å²) in [5.41, 5.74) is 2.54. The van der Waals surface area contributed by atoms with Crippen LogP contribution in [0.15, 0.2) is 72.8 Å². The molecule has 0 spiro atoms. The van der Waals surface area contributed by atoms with E-state index in [1.165, 1.54) is 12.1 Å². The monoisotopic (exact) mass is 392 g/mol. The molecule has 0 aliphatic rings. The summed E-state index contributed by atoms with van der Waals surface area (Å²) >= 11 is 0. The molecule has 0 heterocycles. The minimum atomic E-state index is -0.311. The molecule has 2 N–H and O–H groups in total. The van der Waals surface area contributed by atoms with E-state index in [0.29, 0.717) is 16.9 Å². The van der Waals surface area contributed by atoms with Crippen molar-refractivity contribution < 1.29 is 18.7 Å². The van der Waals surface area contributed by atoms with Crippen molar-refractivity contribution in [3.63, 3.8) is 0 Å². The smallest absolute Gasteiger partial charge is 0.255 e. The Morgan fingerprint density at radius 3 is 2.41 bits per heavy atom. The van der Waals surface area contributed by atoms with Crippen LogP contribution in [-0.4, -0.2) is 18.9 Å². The van der Waals surface area contributed by atoms with Crippen molar-refractivity contribution in [2.24, 2.45) is 0 Å². The zero-order chi connectivity index (χ0) is 20.6. The van der Waals surface area contributed by atoms with E-state index in [0.717, 1.165) is 11.1 Å². The van der Waals surface area contributed by atoms with Gasteiger partial charge in [-0.1, -0.05) is 36.4 Å². The predicted molar refractivity (Wildman–Crippen MR) is 108 cm³/mol. The number of halogens is 1. The molecule has 5 nitrogen and oxygen atoms in total. The average Bonchev–Trinajstić information content (AvgIpc) is 2.77. The van der Waals surface area contributed by atoms with E-state index in [-0.39, 0.29) is 30.8 Å². The SMILES string of the molecule is CNC(=O)c1cccc(CNC(=O)c2ccccc2OCc2ccc(F)cc2)c1. The summed E-state index contributed by atoms with van der Waals surface area (Å²) in [6.45, 7) is 0.495. The lowest BCUT2D eigenvalue weighted by Crippen LogP contribution is -2.24. The minimum absolute atomic E-state index is 0.183. The van der Waals surface area contributed by atoms with Gasteiger partial charge < -0.3 is 15.4 Å². The number of carbonyl (C=O) groups is 2. The summed E-state index contributed by atoms with van der Waals surface area (Å²) in [5, 5.41) is 5.42. The van der Waals surface area contributed by atoms with Crippen LogP contribution in [0.5, 0.6) is 5.75 Å². The molecule has 3 aromatic rings. The van der Waals surface area contributed by atoms with Gasteiger partial charge in [0.2, 0.25) is 0 Å². The normalized spacial score (nSPS) is 10.3. The second-order valence-electron chi connectivity index (χ2n) is 6.37. The molecule has 29 heavy (non-hydrogen) atoms. The Hall–Kier alpha value is -3.67. The molecule has 2 amide bonds. The lowest BCUT2D eigenvalue weighted by atomic mass is 10.1. The standard InChI is InChI=1S/C23H21FN2O3/c1-25-22(27)18-6-4-5-17(13-18)14-26-23(28)20-7-2-3-8-21(20)29-15-16-9-11-19(24)12-10-16/h2-13H,14-15H2,1H3,(H,25,27)(H,26,28). The fourth-order valence-corrected chi connectivity index (χ4v) is 2.77. The summed E-state index contributed by atoms with van der Waals surface area (Å²) in [6, 6.07) is 20.0. The van der Waals surface area contributed by atoms with Crippen LogP contribution in [0.3, 0.4) is 0 Å². The Balaban J connectivity index is 1.65. The zero-order valence-electron chi connectivity index (χ0n) is 15.9. The van der Waals surface area contributed by atoms with Crippen LogP contribution in [-0.2, 0) is 13.2 Å². The number of para-hydroxylation sites is 1. The van der Waals surface area contributed by atoms with E-state index in [9.17, 15) is 14.0 Å². The molecule has 0 aliphatic carbocycles. The fraction of sp³-hybridized carbons (Fsp3) is 0.130. The van der Waals surface area contributed by atoms with Crippen molar-refractivity contribution in [1.29, 1.82) is 0 Å². The van der Waals surface area contributed by atoms with Gasteiger partial charge in [-0.15, -0.1) is 0 Å². The van der Waals surface area contributed by atoms with E-state index >= 15 is 0 Å². The van der Waals surface area contributed by atoms with Crippen molar-refractivity contribution in [1.82, 2.24) is 10.6 Å². The van der Waals surface area contributed by atoms with E-state index in [1.807, 2.05) is 6.07 Å². The topological polar surface area (TPSA) is 67.4 Å². The molecule has 148 valence electrons. The first kappa shape index (κ1) is 20.1. The molecular formula is C23H21FN2O3. The number of carbonyl (C=O) groups excluding carboxylic acids is 2. The van der Waals surface area contributed by atoms with Crippen LogP contribution in [0, 0.1) is 5.82 Å². The number of nitrogens with one attached hydrogen (secondary N) is 2. The molecule has 6 heteroatoms. The van der Waals surface area contributed by atoms with Gasteiger partial charge in [0.05, 0.1) is 5.56 Å². The van der Waals surface area contributed by atoms with Crippen molar-refractivity contribution >= 4 is 11.8 Å². The third-order valence-corrected chi connectivity index (χ3v) is 4.31. The molecule has 0 fully saturated rings. The quantitative estimate of drug-likeness (QED) is 0.644. The maximum Gasteiger partial charge on any atom is 0.255 e. The van der Waals surface area contributed by atoms with Crippen LogP contribution in [0.1, 0.15) is 31.8 Å². The third-order valence-electron chi connectivity index (χ3n) is 4.31. The van der Waals surface area contributed by atoms with Gasteiger partial charge in [-0.05, 0) is 47.5 Å². The van der Waals surface area contributed by atoms with Gasteiger partial charge >= 0.3 is 0 Å². The maximum atomic E-state index is 13.0. The van der Waals surface area contributed by atoms with Crippen LogP contribution in [0.25, 0.3) is 0 Å². The summed E-state index contributed by atoms with van der Waals surface area (Å²) < 4.78 is 18.8. The van der Waals surface area contributed by atoms with Crippen molar-refractivity contribution in [3.8, 4) is 5.75 Å². The first-order valence-corrected chi connectivity index (χ1v) is 9.12. The lowest BCUT2D eigenvalue weighted by Gasteiger charge is -2.12. The van der Waals surface area contributed by atoms with Gasteiger partial charge in [0.1, 0.15) is 18.2 Å². The molecule has 3 aromatic carbocycles. The molecule has 0 saturated heterocycles. The Morgan fingerprint density at radius 1 is 0.897 bits per heavy atom. The molecule has 0 saturated carbocycles. The van der Waals surface area contributed by atoms with E-state index in [4.69, 9.17) is 4.74 Å². The van der Waals surface area contributed by atoms with Crippen LogP contribution >= 0.6 is 0 Å². The van der Waals surface area contributed by atoms with Crippen LogP contribution < -0.4 is 15.4 Å². The number of hydrogen-bond donors (Lipinski definition) is 2. The van der Waals surface area contributed by atoms with E-state index in [2.05, 4.69) is 10.6 Å². The highest BCUT2D eigenvalue weighted by molar-refractivity contribution is 5.97. The van der Waals surface area contributed by atoms with Crippen molar-refractivity contribution in [3.05, 3.63) is 101 Å². The molecular weight excluding hydrogens is 371 g/mol. The predicted octanol–water partition coefficient (Wildman–Crippen LogP) is 3.69. The maximum absolute atomic E-state index is 13.0. The summed E-state index contributed by atoms with van der Waals surface area (Å²) in [7, 11) is 1.57. The number of hydrogen-bond acceptors (Lipinski definition) is 3. The Kier molecular flexibility index (Phi) is 6.58. The molecule has 0 atom stereocenters. The highest BCUT2D eigenvalue weighted by Gasteiger charge is 2.12. The summed E-state index contributed by atoms with van der Waals surface area (Å²) in [4.78, 5) is 24.4. The van der Waals surface area contributed by atoms with E-state index in [1.54, 1.807) is 61.6 Å². The number of rotatable bonds is 7. The second-order valence-corrected chi connectivity index (χ2v) is 6.37. The highest BCUT2D eigenvalue weighted by atomic mass is 19.1.